The van der Waals surface area contributed by atoms with E-state index in [-0.39, 0.29) is 24.4 Å². The Balaban J connectivity index is 1.68. The smallest absolute Gasteiger partial charge is 0.341 e. The number of benzene rings is 2. The van der Waals surface area contributed by atoms with Gasteiger partial charge in [0.05, 0.1) is 36.0 Å². The van der Waals surface area contributed by atoms with Gasteiger partial charge in [0.1, 0.15) is 11.1 Å². The average molecular weight is 691 g/mol. The summed E-state index contributed by atoms with van der Waals surface area (Å²) >= 11 is 0. The predicted octanol–water partition coefficient (Wildman–Crippen LogP) is 9.71. The first kappa shape index (κ1) is 34.4. The highest BCUT2D eigenvalue weighted by Crippen LogP contribution is 2.40. The Hall–Kier alpha value is -6.02. The van der Waals surface area contributed by atoms with E-state index in [1.54, 1.807) is 26.0 Å². The lowest BCUT2D eigenvalue weighted by Gasteiger charge is -2.14. The minimum absolute atomic E-state index is 0.0632. The molecule has 2 aliphatic rings. The number of fused-ring (bicyclic) bond motifs is 8. The second-order valence-corrected chi connectivity index (χ2v) is 13.5. The van der Waals surface area contributed by atoms with Crippen molar-refractivity contribution in [2.75, 3.05) is 13.2 Å². The molecule has 5 heterocycles. The van der Waals surface area contributed by atoms with Crippen molar-refractivity contribution < 1.29 is 19.1 Å². The Kier molecular flexibility index (Phi) is 9.01. The molecule has 5 aromatic rings. The number of hydrogen-bond donors (Lipinski definition) is 2. The zero-order chi connectivity index (χ0) is 36.8. The lowest BCUT2D eigenvalue weighted by atomic mass is 9.92. The van der Waals surface area contributed by atoms with Crippen LogP contribution in [0, 0.1) is 41.5 Å². The molecule has 0 aliphatic carbocycles. The third-order valence-electron chi connectivity index (χ3n) is 9.51. The second kappa shape index (κ2) is 13.6. The van der Waals surface area contributed by atoms with Crippen molar-refractivity contribution in [2.45, 2.75) is 55.4 Å². The van der Waals surface area contributed by atoms with Gasteiger partial charge < -0.3 is 19.4 Å². The van der Waals surface area contributed by atoms with Gasteiger partial charge in [-0.2, -0.15) is 0 Å². The van der Waals surface area contributed by atoms with E-state index in [1.165, 1.54) is 11.1 Å². The van der Waals surface area contributed by atoms with Crippen molar-refractivity contribution in [1.29, 1.82) is 0 Å². The van der Waals surface area contributed by atoms with Crippen LogP contribution in [-0.4, -0.2) is 45.1 Å². The number of carbonyl (C=O) groups is 2. The third-order valence-corrected chi connectivity index (χ3v) is 9.51. The van der Waals surface area contributed by atoms with Crippen molar-refractivity contribution >= 4 is 57.3 Å². The van der Waals surface area contributed by atoms with E-state index in [1.807, 2.05) is 24.3 Å². The molecule has 0 atom stereocenters. The van der Waals surface area contributed by atoms with E-state index in [9.17, 15) is 9.59 Å². The fraction of sp³-hybridized carbons (Fsp3) is 0.227. The number of aromatic amines is 2. The monoisotopic (exact) mass is 690 g/mol. The van der Waals surface area contributed by atoms with Gasteiger partial charge in [-0.05, 0) is 137 Å². The van der Waals surface area contributed by atoms with Gasteiger partial charge in [0.2, 0.25) is 0 Å². The molecule has 0 amide bonds. The van der Waals surface area contributed by atoms with Crippen LogP contribution in [0.15, 0.2) is 60.7 Å². The normalized spacial score (nSPS) is 12.4. The van der Waals surface area contributed by atoms with E-state index in [0.29, 0.717) is 22.4 Å². The van der Waals surface area contributed by atoms with Crippen molar-refractivity contribution in [3.8, 4) is 22.3 Å². The molecule has 8 nitrogen and oxygen atoms in total. The van der Waals surface area contributed by atoms with Gasteiger partial charge in [0, 0.05) is 33.2 Å². The Morgan fingerprint density at radius 1 is 0.538 bits per heavy atom. The van der Waals surface area contributed by atoms with Gasteiger partial charge in [-0.25, -0.2) is 19.6 Å². The molecule has 2 N–H and O–H groups in total. The van der Waals surface area contributed by atoms with E-state index >= 15 is 0 Å². The van der Waals surface area contributed by atoms with E-state index < -0.39 is 11.9 Å². The first-order valence-corrected chi connectivity index (χ1v) is 17.6. The highest BCUT2D eigenvalue weighted by Gasteiger charge is 2.32. The predicted molar refractivity (Wildman–Crippen MR) is 209 cm³/mol. The number of hydrogen-bond acceptors (Lipinski definition) is 6. The molecular formula is C44H42N4O4. The quantitative estimate of drug-likeness (QED) is 0.169. The topological polar surface area (TPSA) is 110 Å². The molecule has 0 saturated carbocycles. The maximum absolute atomic E-state index is 13.6. The Morgan fingerprint density at radius 3 is 1.29 bits per heavy atom. The van der Waals surface area contributed by atoms with Crippen LogP contribution in [0.25, 0.3) is 67.6 Å². The van der Waals surface area contributed by atoms with Crippen LogP contribution >= 0.6 is 0 Å². The number of rotatable bonds is 6. The standard InChI is InChI=1S/C44H42N4O4/c1-9-51-43(49)41-35-21-29-11-13-31(45-29)39(37-25(5)17-23(3)18-26(37)6)33-15-16-34(47-33)40(38-27(7)19-24(4)20-28(38)8)32-14-12-30(46-32)22-36(48-35)42(41)44(50)52-10-2/h11-22,45-46H,9-10H2,1-8H3. The lowest BCUT2D eigenvalue weighted by molar-refractivity contribution is -0.138. The number of carbonyl (C=O) groups excluding carboxylic acids is 2. The molecule has 0 spiro atoms. The van der Waals surface area contributed by atoms with Crippen molar-refractivity contribution in [2.24, 2.45) is 0 Å². The van der Waals surface area contributed by atoms with Crippen molar-refractivity contribution in [3.63, 3.8) is 0 Å². The summed E-state index contributed by atoms with van der Waals surface area (Å²) < 4.78 is 11.0. The Labute approximate surface area is 303 Å². The minimum atomic E-state index is -0.645. The first-order chi connectivity index (χ1) is 25.0. The molecular weight excluding hydrogens is 649 g/mol. The molecule has 0 radical (unpaired) electrons. The molecule has 3 aromatic heterocycles. The van der Waals surface area contributed by atoms with Gasteiger partial charge in [-0.3, -0.25) is 0 Å². The van der Waals surface area contributed by atoms with E-state index in [0.717, 1.165) is 66.9 Å². The van der Waals surface area contributed by atoms with Crippen molar-refractivity contribution in [1.82, 2.24) is 19.9 Å². The van der Waals surface area contributed by atoms with Gasteiger partial charge in [0.15, 0.2) is 0 Å². The number of aryl methyl sites for hydroxylation is 6. The Morgan fingerprint density at radius 2 is 0.923 bits per heavy atom. The maximum Gasteiger partial charge on any atom is 0.341 e. The van der Waals surface area contributed by atoms with Crippen LogP contribution in [-0.2, 0) is 19.1 Å². The largest absolute Gasteiger partial charge is 0.462 e. The van der Waals surface area contributed by atoms with Crippen LogP contribution in [0.2, 0.25) is 0 Å². The molecule has 7 rings (SSSR count). The van der Waals surface area contributed by atoms with Crippen LogP contribution < -0.4 is 0 Å². The highest BCUT2D eigenvalue weighted by molar-refractivity contribution is 6.38. The van der Waals surface area contributed by atoms with Gasteiger partial charge >= 0.3 is 11.9 Å². The van der Waals surface area contributed by atoms with Gasteiger partial charge in [-0.1, -0.05) is 35.4 Å². The highest BCUT2D eigenvalue weighted by atomic mass is 16.5. The number of esters is 2. The molecule has 52 heavy (non-hydrogen) atoms. The maximum atomic E-state index is 13.6. The zero-order valence-electron chi connectivity index (χ0n) is 30.9. The van der Waals surface area contributed by atoms with E-state index in [2.05, 4.69) is 87.9 Å². The molecule has 8 heteroatoms. The molecule has 2 aromatic carbocycles. The fourth-order valence-electron chi connectivity index (χ4n) is 7.70. The second-order valence-electron chi connectivity index (χ2n) is 13.5. The van der Waals surface area contributed by atoms with E-state index in [4.69, 9.17) is 19.4 Å². The molecule has 2 aliphatic heterocycles. The SMILES string of the molecule is CCOC(=O)C1=C(C(=O)OCC)c2cc3ccc([nH]3)c(-c3c(C)cc(C)cc3C)c3nc(c(-c4c(C)cc(C)cc4C)c4ccc(cc1n2)[nH]4)C=C3. The fourth-order valence-corrected chi connectivity index (χ4v) is 7.70. The summed E-state index contributed by atoms with van der Waals surface area (Å²) in [4.78, 5) is 44.6. The summed E-state index contributed by atoms with van der Waals surface area (Å²) in [6, 6.07) is 20.3. The number of H-pyrrole nitrogens is 2. The molecule has 262 valence electrons. The number of nitrogens with one attached hydrogen (secondary N) is 2. The first-order valence-electron chi connectivity index (χ1n) is 17.6. The molecule has 0 unspecified atom stereocenters. The molecule has 0 saturated heterocycles. The van der Waals surface area contributed by atoms with Gasteiger partial charge in [-0.15, -0.1) is 0 Å². The summed E-state index contributed by atoms with van der Waals surface area (Å²) in [5.74, 6) is -1.29. The van der Waals surface area contributed by atoms with Gasteiger partial charge in [0.25, 0.3) is 0 Å². The Bertz CT molecular complexity index is 2330. The number of nitrogens with zero attached hydrogens (tertiary/aromatic N) is 2. The average Bonchev–Trinajstić information content (AvgIpc) is 3.88. The third kappa shape index (κ3) is 6.15. The van der Waals surface area contributed by atoms with Crippen molar-refractivity contribution in [3.05, 3.63) is 117 Å². The zero-order valence-corrected chi connectivity index (χ0v) is 30.9. The van der Waals surface area contributed by atoms with Crippen LogP contribution in [0.5, 0.6) is 0 Å². The summed E-state index contributed by atoms with van der Waals surface area (Å²) in [5, 5.41) is 0. The number of ether oxygens (including phenoxy) is 2. The summed E-state index contributed by atoms with van der Waals surface area (Å²) in [6.45, 7) is 16.5. The molecule has 8 bridgehead atoms. The summed E-state index contributed by atoms with van der Waals surface area (Å²) in [5.41, 5.74) is 16.5. The minimum Gasteiger partial charge on any atom is -0.462 e. The molecule has 0 fully saturated rings. The van der Waals surface area contributed by atoms with Crippen LogP contribution in [0.4, 0.5) is 0 Å². The van der Waals surface area contributed by atoms with Crippen LogP contribution in [0.1, 0.15) is 70.0 Å². The summed E-state index contributed by atoms with van der Waals surface area (Å²) in [7, 11) is 0. The van der Waals surface area contributed by atoms with Crippen LogP contribution in [0.3, 0.4) is 0 Å². The lowest BCUT2D eigenvalue weighted by Crippen LogP contribution is -2.12. The summed E-state index contributed by atoms with van der Waals surface area (Å²) in [6.07, 6.45) is 4.19. The number of aromatic nitrogens is 4.